The van der Waals surface area contributed by atoms with Gasteiger partial charge in [0.2, 0.25) is 6.29 Å². The summed E-state index contributed by atoms with van der Waals surface area (Å²) in [5.74, 6) is 0.160. The van der Waals surface area contributed by atoms with E-state index in [2.05, 4.69) is 0 Å². The summed E-state index contributed by atoms with van der Waals surface area (Å²) in [6, 6.07) is 7.52. The third-order valence-corrected chi connectivity index (χ3v) is 5.52. The van der Waals surface area contributed by atoms with Gasteiger partial charge < -0.3 is 59.8 Å². The minimum absolute atomic E-state index is 0.160. The van der Waals surface area contributed by atoms with Crippen LogP contribution in [0, 0.1) is 11.3 Å². The maximum Gasteiger partial charge on any atom is 0.229 e. The number of aliphatic hydroxyl groups excluding tert-OH is 8. The molecule has 13 nitrogen and oxygen atoms in total. The van der Waals surface area contributed by atoms with Gasteiger partial charge in [-0.15, -0.1) is 0 Å². The lowest BCUT2D eigenvalue weighted by molar-refractivity contribution is -0.307. The molecule has 0 bridgehead atoms. The summed E-state index contributed by atoms with van der Waals surface area (Å²) < 4.78 is 21.4. The summed E-state index contributed by atoms with van der Waals surface area (Å²) in [6.45, 7) is -1.26. The molecule has 0 aliphatic carbocycles. The number of hydrogen-bond donors (Lipinski definition) is 8. The van der Waals surface area contributed by atoms with Gasteiger partial charge >= 0.3 is 0 Å². The van der Waals surface area contributed by atoms with Crippen molar-refractivity contribution in [3.8, 4) is 11.8 Å². The summed E-state index contributed by atoms with van der Waals surface area (Å²) in [6.07, 6.45) is -16.1. The highest BCUT2D eigenvalue weighted by atomic mass is 16.7. The number of ether oxygens (including phenoxy) is 4. The third-order valence-electron chi connectivity index (χ3n) is 5.52. The van der Waals surface area contributed by atoms with Gasteiger partial charge in [-0.3, -0.25) is 0 Å². The zero-order valence-corrected chi connectivity index (χ0v) is 17.2. The molecule has 0 amide bonds. The van der Waals surface area contributed by atoms with E-state index in [1.54, 1.807) is 0 Å². The fraction of sp³-hybridized carbons (Fsp3) is 0.650. The van der Waals surface area contributed by atoms with E-state index in [0.717, 1.165) is 0 Å². The molecule has 11 atom stereocenters. The minimum Gasteiger partial charge on any atom is -0.462 e. The SMILES string of the molecule is N#C[C@@H](O[C@@H]1O[C@H](CO)[C@@H](O)[C@H](O)[C@H]1O)c1ccc(O[C@@H]2O[C@H](CO)[C@@H](O)[C@H](O)[C@H]2O)cc1. The molecule has 1 aromatic rings. The molecule has 8 N–H and O–H groups in total. The van der Waals surface area contributed by atoms with E-state index >= 15 is 0 Å². The molecule has 2 saturated heterocycles. The Kier molecular flexibility index (Phi) is 8.56. The van der Waals surface area contributed by atoms with Gasteiger partial charge in [0.15, 0.2) is 12.4 Å². The molecular weight excluding hydrogens is 446 g/mol. The minimum atomic E-state index is -1.67. The van der Waals surface area contributed by atoms with Crippen LogP contribution in [-0.4, -0.2) is 115 Å². The molecule has 2 aliphatic heterocycles. The summed E-state index contributed by atoms with van der Waals surface area (Å²) >= 11 is 0. The number of hydrogen-bond acceptors (Lipinski definition) is 13. The molecule has 0 saturated carbocycles. The Hall–Kier alpha value is -1.93. The van der Waals surface area contributed by atoms with Gasteiger partial charge in [0.1, 0.15) is 54.6 Å². The van der Waals surface area contributed by atoms with Crippen LogP contribution in [-0.2, 0) is 14.2 Å². The van der Waals surface area contributed by atoms with Gasteiger partial charge in [-0.25, -0.2) is 0 Å². The molecule has 0 radical (unpaired) electrons. The molecule has 2 fully saturated rings. The second kappa shape index (κ2) is 11.0. The molecule has 0 unspecified atom stereocenters. The number of benzene rings is 1. The maximum atomic E-state index is 10.1. The number of aliphatic hydroxyl groups is 8. The van der Waals surface area contributed by atoms with Crippen molar-refractivity contribution in [2.75, 3.05) is 13.2 Å². The number of rotatable bonds is 7. The van der Waals surface area contributed by atoms with Crippen molar-refractivity contribution in [3.05, 3.63) is 29.8 Å². The number of nitrogens with zero attached hydrogens (tertiary/aromatic N) is 1. The largest absolute Gasteiger partial charge is 0.462 e. The van der Waals surface area contributed by atoms with E-state index < -0.39 is 80.7 Å². The predicted octanol–water partition coefficient (Wildman–Crippen LogP) is -3.75. The molecule has 2 heterocycles. The van der Waals surface area contributed by atoms with Gasteiger partial charge in [0, 0.05) is 0 Å². The van der Waals surface area contributed by atoms with Gasteiger partial charge in [-0.1, -0.05) is 12.1 Å². The van der Waals surface area contributed by atoms with Crippen molar-refractivity contribution >= 4 is 0 Å². The molecule has 0 spiro atoms. The molecule has 3 rings (SSSR count). The standard InChI is InChI=1S/C20H27NO12/c21-5-10(31-20-18(29)16(27)14(25)12(7-23)33-20)8-1-3-9(4-2-8)30-19-17(28)15(26)13(24)11(6-22)32-19/h1-4,10-20,22-29H,6-7H2/t10-,11-,12-,13-,14-,15+,16+,17-,18-,19-,20-/m1/s1. The highest BCUT2D eigenvalue weighted by Crippen LogP contribution is 2.29. The Bertz CT molecular complexity index is 799. The Labute approximate surface area is 188 Å². The first-order chi connectivity index (χ1) is 15.7. The average Bonchev–Trinajstić information content (AvgIpc) is 2.83. The summed E-state index contributed by atoms with van der Waals surface area (Å²) in [4.78, 5) is 0. The summed E-state index contributed by atoms with van der Waals surface area (Å²) in [5, 5.41) is 87.5. The normalized spacial score (nSPS) is 40.1. The van der Waals surface area contributed by atoms with Gasteiger partial charge in [0.05, 0.1) is 19.3 Å². The second-order valence-electron chi connectivity index (χ2n) is 7.73. The Balaban J connectivity index is 1.66. The lowest BCUT2D eigenvalue weighted by atomic mass is 9.99. The van der Waals surface area contributed by atoms with Crippen molar-refractivity contribution in [2.24, 2.45) is 0 Å². The lowest BCUT2D eigenvalue weighted by Gasteiger charge is -2.40. The quantitative estimate of drug-likeness (QED) is 0.191. The van der Waals surface area contributed by atoms with E-state index in [-0.39, 0.29) is 5.75 Å². The summed E-state index contributed by atoms with van der Waals surface area (Å²) in [5.41, 5.74) is 0.301. The van der Waals surface area contributed by atoms with E-state index in [1.807, 2.05) is 6.07 Å². The average molecular weight is 473 g/mol. The Morgan fingerprint density at radius 2 is 1.24 bits per heavy atom. The molecule has 33 heavy (non-hydrogen) atoms. The topological polar surface area (TPSA) is 223 Å². The van der Waals surface area contributed by atoms with Crippen LogP contribution in [0.1, 0.15) is 11.7 Å². The second-order valence-corrected chi connectivity index (χ2v) is 7.73. The molecule has 184 valence electrons. The van der Waals surface area contributed by atoms with E-state index in [4.69, 9.17) is 18.9 Å². The van der Waals surface area contributed by atoms with Crippen molar-refractivity contribution in [1.82, 2.24) is 0 Å². The number of nitriles is 1. The van der Waals surface area contributed by atoms with Crippen LogP contribution in [0.3, 0.4) is 0 Å². The summed E-state index contributed by atoms with van der Waals surface area (Å²) in [7, 11) is 0. The molecule has 1 aromatic carbocycles. The lowest BCUT2D eigenvalue weighted by Crippen LogP contribution is -2.60. The zero-order valence-electron chi connectivity index (χ0n) is 17.2. The van der Waals surface area contributed by atoms with E-state index in [9.17, 15) is 46.1 Å². The predicted molar refractivity (Wildman–Crippen MR) is 104 cm³/mol. The van der Waals surface area contributed by atoms with Crippen molar-refractivity contribution in [1.29, 1.82) is 5.26 Å². The van der Waals surface area contributed by atoms with Gasteiger partial charge in [-0.05, 0) is 17.7 Å². The van der Waals surface area contributed by atoms with E-state index in [0.29, 0.717) is 5.56 Å². The molecular formula is C20H27NO12. The Morgan fingerprint density at radius 1 is 0.758 bits per heavy atom. The first-order valence-electron chi connectivity index (χ1n) is 10.1. The van der Waals surface area contributed by atoms with Gasteiger partial charge in [-0.2, -0.15) is 5.26 Å². The molecule has 2 aliphatic rings. The van der Waals surface area contributed by atoms with Crippen molar-refractivity contribution in [2.45, 2.75) is 67.5 Å². The third kappa shape index (κ3) is 5.43. The van der Waals surface area contributed by atoms with Crippen LogP contribution >= 0.6 is 0 Å². The first kappa shape index (κ1) is 25.7. The maximum absolute atomic E-state index is 10.1. The van der Waals surface area contributed by atoms with E-state index in [1.165, 1.54) is 24.3 Å². The van der Waals surface area contributed by atoms with Crippen LogP contribution in [0.5, 0.6) is 5.75 Å². The van der Waals surface area contributed by atoms with Crippen LogP contribution in [0.15, 0.2) is 24.3 Å². The van der Waals surface area contributed by atoms with Crippen molar-refractivity contribution < 1.29 is 59.8 Å². The molecule has 0 aromatic heterocycles. The van der Waals surface area contributed by atoms with Crippen LogP contribution in [0.2, 0.25) is 0 Å². The van der Waals surface area contributed by atoms with Crippen molar-refractivity contribution in [3.63, 3.8) is 0 Å². The highest BCUT2D eigenvalue weighted by molar-refractivity contribution is 5.31. The highest BCUT2D eigenvalue weighted by Gasteiger charge is 2.46. The van der Waals surface area contributed by atoms with Gasteiger partial charge in [0.25, 0.3) is 0 Å². The van der Waals surface area contributed by atoms with Crippen LogP contribution in [0.25, 0.3) is 0 Å². The molecule has 13 heteroatoms. The fourth-order valence-electron chi connectivity index (χ4n) is 3.52. The first-order valence-corrected chi connectivity index (χ1v) is 10.1. The smallest absolute Gasteiger partial charge is 0.229 e. The fourth-order valence-corrected chi connectivity index (χ4v) is 3.52. The Morgan fingerprint density at radius 3 is 1.73 bits per heavy atom. The monoisotopic (exact) mass is 473 g/mol. The zero-order chi connectivity index (χ0) is 24.3. The van der Waals surface area contributed by atoms with Crippen LogP contribution < -0.4 is 4.74 Å². The van der Waals surface area contributed by atoms with Crippen LogP contribution in [0.4, 0.5) is 0 Å².